The van der Waals surface area contributed by atoms with E-state index in [4.69, 9.17) is 5.73 Å². The minimum atomic E-state index is 0.735. The van der Waals surface area contributed by atoms with Crippen LogP contribution in [0.5, 0.6) is 0 Å². The molecule has 0 aliphatic rings. The number of nitrogens with zero attached hydrogens (tertiary/aromatic N) is 1. The molecule has 0 aromatic rings. The van der Waals surface area contributed by atoms with Crippen molar-refractivity contribution in [2.45, 2.75) is 72.3 Å². The lowest BCUT2D eigenvalue weighted by atomic mass is 9.94. The summed E-state index contributed by atoms with van der Waals surface area (Å²) in [7, 11) is 0. The van der Waals surface area contributed by atoms with Crippen LogP contribution < -0.4 is 5.73 Å². The Hall–Kier alpha value is -0.0800. The van der Waals surface area contributed by atoms with Crippen LogP contribution in [0.2, 0.25) is 0 Å². The summed E-state index contributed by atoms with van der Waals surface area (Å²) in [6, 6.07) is 0.735. The number of hydrogen-bond acceptors (Lipinski definition) is 2. The topological polar surface area (TPSA) is 29.3 Å². The lowest BCUT2D eigenvalue weighted by Crippen LogP contribution is -2.33. The maximum absolute atomic E-state index is 5.68. The van der Waals surface area contributed by atoms with E-state index in [9.17, 15) is 0 Å². The van der Waals surface area contributed by atoms with E-state index in [0.717, 1.165) is 18.5 Å². The van der Waals surface area contributed by atoms with Gasteiger partial charge in [0.05, 0.1) is 0 Å². The van der Waals surface area contributed by atoms with Gasteiger partial charge in [0.25, 0.3) is 0 Å². The Morgan fingerprint density at radius 2 is 1.76 bits per heavy atom. The second-order valence-electron chi connectivity index (χ2n) is 5.26. The lowest BCUT2D eigenvalue weighted by Gasteiger charge is -2.27. The summed E-state index contributed by atoms with van der Waals surface area (Å²) in [5, 5.41) is 0. The van der Waals surface area contributed by atoms with Crippen LogP contribution in [0.1, 0.15) is 66.2 Å². The third-order valence-corrected chi connectivity index (χ3v) is 3.95. The zero-order valence-corrected chi connectivity index (χ0v) is 12.5. The minimum Gasteiger partial charge on any atom is -0.330 e. The van der Waals surface area contributed by atoms with Crippen molar-refractivity contribution < 1.29 is 0 Å². The quantitative estimate of drug-likeness (QED) is 0.599. The van der Waals surface area contributed by atoms with Gasteiger partial charge < -0.3 is 10.6 Å². The van der Waals surface area contributed by atoms with Crippen molar-refractivity contribution in [2.75, 3.05) is 19.6 Å². The van der Waals surface area contributed by atoms with Crippen molar-refractivity contribution in [1.82, 2.24) is 4.90 Å². The van der Waals surface area contributed by atoms with Crippen LogP contribution in [-0.2, 0) is 0 Å². The van der Waals surface area contributed by atoms with Gasteiger partial charge in [0, 0.05) is 6.04 Å². The van der Waals surface area contributed by atoms with Crippen molar-refractivity contribution in [3.05, 3.63) is 0 Å². The molecule has 0 aromatic carbocycles. The summed E-state index contributed by atoms with van der Waals surface area (Å²) < 4.78 is 0. The molecule has 2 unspecified atom stereocenters. The first-order valence-corrected chi connectivity index (χ1v) is 7.63. The van der Waals surface area contributed by atoms with Crippen molar-refractivity contribution in [1.29, 1.82) is 0 Å². The highest BCUT2D eigenvalue weighted by atomic mass is 15.1. The molecule has 0 saturated heterocycles. The van der Waals surface area contributed by atoms with Gasteiger partial charge in [-0.3, -0.25) is 0 Å². The van der Waals surface area contributed by atoms with E-state index in [1.54, 1.807) is 0 Å². The molecule has 0 fully saturated rings. The summed E-state index contributed by atoms with van der Waals surface area (Å²) in [5.74, 6) is 0.862. The van der Waals surface area contributed by atoms with Crippen LogP contribution in [0.4, 0.5) is 0 Å². The monoisotopic (exact) mass is 242 g/mol. The van der Waals surface area contributed by atoms with Crippen LogP contribution in [0.3, 0.4) is 0 Å². The van der Waals surface area contributed by atoms with Crippen molar-refractivity contribution in [3.8, 4) is 0 Å². The van der Waals surface area contributed by atoms with E-state index < -0.39 is 0 Å². The van der Waals surface area contributed by atoms with Gasteiger partial charge in [-0.1, -0.05) is 33.6 Å². The molecule has 0 radical (unpaired) electrons. The van der Waals surface area contributed by atoms with Gasteiger partial charge in [-0.05, 0) is 58.2 Å². The van der Waals surface area contributed by atoms with Gasteiger partial charge in [-0.25, -0.2) is 0 Å². The Morgan fingerprint density at radius 3 is 2.24 bits per heavy atom. The number of hydrogen-bond donors (Lipinski definition) is 1. The van der Waals surface area contributed by atoms with E-state index in [0.29, 0.717) is 0 Å². The Labute approximate surface area is 109 Å². The number of rotatable bonds is 11. The zero-order valence-electron chi connectivity index (χ0n) is 12.5. The third-order valence-electron chi connectivity index (χ3n) is 3.95. The molecule has 0 spiro atoms. The summed E-state index contributed by atoms with van der Waals surface area (Å²) in [6.07, 6.45) is 7.82. The minimum absolute atomic E-state index is 0.735. The summed E-state index contributed by atoms with van der Waals surface area (Å²) in [4.78, 5) is 2.60. The highest BCUT2D eigenvalue weighted by Gasteiger charge is 2.11. The highest BCUT2D eigenvalue weighted by Crippen LogP contribution is 2.17. The molecule has 2 atom stereocenters. The van der Waals surface area contributed by atoms with E-state index in [1.165, 1.54) is 51.6 Å². The average molecular weight is 242 g/mol. The van der Waals surface area contributed by atoms with E-state index in [1.807, 2.05) is 0 Å². The molecule has 2 heteroatoms. The Morgan fingerprint density at radius 1 is 1.06 bits per heavy atom. The smallest absolute Gasteiger partial charge is 0.00641 e. The van der Waals surface area contributed by atoms with Crippen LogP contribution in [0, 0.1) is 5.92 Å². The molecular formula is C15H34N2. The molecule has 2 N–H and O–H groups in total. The fourth-order valence-corrected chi connectivity index (χ4v) is 2.61. The van der Waals surface area contributed by atoms with Gasteiger partial charge in [0.1, 0.15) is 0 Å². The molecule has 0 saturated carbocycles. The Balaban J connectivity index is 3.83. The second-order valence-corrected chi connectivity index (χ2v) is 5.26. The fourth-order valence-electron chi connectivity index (χ4n) is 2.61. The van der Waals surface area contributed by atoms with Crippen LogP contribution >= 0.6 is 0 Å². The van der Waals surface area contributed by atoms with Crippen LogP contribution in [0.25, 0.3) is 0 Å². The molecule has 104 valence electrons. The first-order chi connectivity index (χ1) is 8.19. The number of nitrogens with two attached hydrogens (primary N) is 1. The average Bonchev–Trinajstić information content (AvgIpc) is 2.34. The molecule has 0 aromatic heterocycles. The maximum atomic E-state index is 5.68. The van der Waals surface area contributed by atoms with Gasteiger partial charge in [0.2, 0.25) is 0 Å². The molecule has 0 bridgehead atoms. The fraction of sp³-hybridized carbons (Fsp3) is 1.00. The van der Waals surface area contributed by atoms with Gasteiger partial charge in [-0.2, -0.15) is 0 Å². The summed E-state index contributed by atoms with van der Waals surface area (Å²) in [6.45, 7) is 12.5. The SMILES string of the molecule is CCCC(CCN)CCCN(CC)C(C)CC. The van der Waals surface area contributed by atoms with E-state index in [-0.39, 0.29) is 0 Å². The first kappa shape index (κ1) is 16.9. The van der Waals surface area contributed by atoms with Crippen molar-refractivity contribution >= 4 is 0 Å². The third kappa shape index (κ3) is 7.77. The zero-order chi connectivity index (χ0) is 13.1. The van der Waals surface area contributed by atoms with Gasteiger partial charge in [0.15, 0.2) is 0 Å². The van der Waals surface area contributed by atoms with Gasteiger partial charge in [-0.15, -0.1) is 0 Å². The molecule has 0 rings (SSSR count). The predicted molar refractivity (Wildman–Crippen MR) is 78.3 cm³/mol. The molecule has 0 aliphatic heterocycles. The van der Waals surface area contributed by atoms with E-state index >= 15 is 0 Å². The van der Waals surface area contributed by atoms with Gasteiger partial charge >= 0.3 is 0 Å². The van der Waals surface area contributed by atoms with Crippen LogP contribution in [0.15, 0.2) is 0 Å². The second kappa shape index (κ2) is 11.0. The van der Waals surface area contributed by atoms with E-state index in [2.05, 4.69) is 32.6 Å². The molecule has 0 aliphatic carbocycles. The standard InChI is InChI=1S/C15H34N2/c1-5-9-15(11-12-16)10-8-13-17(7-3)14(4)6-2/h14-15H,5-13,16H2,1-4H3. The Bertz CT molecular complexity index is 153. The molecular weight excluding hydrogens is 208 g/mol. The summed E-state index contributed by atoms with van der Waals surface area (Å²) >= 11 is 0. The molecule has 0 heterocycles. The lowest BCUT2D eigenvalue weighted by molar-refractivity contribution is 0.204. The molecule has 0 amide bonds. The molecule has 2 nitrogen and oxygen atoms in total. The maximum Gasteiger partial charge on any atom is 0.00641 e. The largest absolute Gasteiger partial charge is 0.330 e. The normalized spacial score (nSPS) is 15.2. The first-order valence-electron chi connectivity index (χ1n) is 7.63. The van der Waals surface area contributed by atoms with Crippen molar-refractivity contribution in [3.63, 3.8) is 0 Å². The summed E-state index contributed by atoms with van der Waals surface area (Å²) in [5.41, 5.74) is 5.68. The Kier molecular flexibility index (Phi) is 11.0. The van der Waals surface area contributed by atoms with Crippen LogP contribution in [-0.4, -0.2) is 30.6 Å². The highest BCUT2D eigenvalue weighted by molar-refractivity contribution is 4.66. The van der Waals surface area contributed by atoms with Crippen molar-refractivity contribution in [2.24, 2.45) is 11.7 Å². The molecule has 17 heavy (non-hydrogen) atoms. The predicted octanol–water partition coefficient (Wildman–Crippen LogP) is 3.65.